The number of carbonyl (C=O) groups excluding carboxylic acids is 2. The summed E-state index contributed by atoms with van der Waals surface area (Å²) in [6.45, 7) is 1.97. The predicted molar refractivity (Wildman–Crippen MR) is 72.4 cm³/mol. The summed E-state index contributed by atoms with van der Waals surface area (Å²) < 4.78 is 2.66. The van der Waals surface area contributed by atoms with Crippen LogP contribution in [0.4, 0.5) is 0 Å². The smallest absolute Gasteiger partial charge is 0.349 e. The molecule has 0 fully saturated rings. The maximum Gasteiger partial charge on any atom is 0.350 e. The fourth-order valence-electron chi connectivity index (χ4n) is 1.73. The Kier molecular flexibility index (Phi) is 4.29. The number of ketones is 1. The summed E-state index contributed by atoms with van der Waals surface area (Å²) in [4.78, 5) is 34.6. The molecule has 1 N–H and O–H groups in total. The van der Waals surface area contributed by atoms with E-state index in [0.717, 1.165) is 0 Å². The molecule has 20 heavy (non-hydrogen) atoms. The molecule has 106 valence electrons. The van der Waals surface area contributed by atoms with Crippen molar-refractivity contribution in [2.75, 3.05) is 6.54 Å². The van der Waals surface area contributed by atoms with E-state index in [1.807, 2.05) is 0 Å². The molecule has 0 bridgehead atoms. The lowest BCUT2D eigenvalue weighted by Crippen LogP contribution is -2.31. The first-order valence-corrected chi connectivity index (χ1v) is 6.44. The lowest BCUT2D eigenvalue weighted by atomic mass is 10.3. The molecule has 2 heterocycles. The molecule has 0 aromatic carbocycles. The zero-order valence-electron chi connectivity index (χ0n) is 11.2. The Morgan fingerprint density at radius 3 is 2.85 bits per heavy atom. The van der Waals surface area contributed by atoms with Crippen molar-refractivity contribution in [1.29, 1.82) is 0 Å². The summed E-state index contributed by atoms with van der Waals surface area (Å²) in [6, 6.07) is 5.25. The van der Waals surface area contributed by atoms with Gasteiger partial charge >= 0.3 is 5.69 Å². The first kappa shape index (κ1) is 14.0. The third-order valence-electron chi connectivity index (χ3n) is 2.92. The molecule has 2 rings (SSSR count). The molecule has 2 aromatic heterocycles. The van der Waals surface area contributed by atoms with Gasteiger partial charge in [-0.15, -0.1) is 5.10 Å². The van der Waals surface area contributed by atoms with Gasteiger partial charge in [0.25, 0.3) is 0 Å². The third kappa shape index (κ3) is 3.11. The summed E-state index contributed by atoms with van der Waals surface area (Å²) in [6.07, 6.45) is 2.13. The second kappa shape index (κ2) is 6.14. The Bertz CT molecular complexity index is 686. The Morgan fingerprint density at radius 1 is 1.35 bits per heavy atom. The summed E-state index contributed by atoms with van der Waals surface area (Å²) in [5.74, 6) is -0.293. The summed E-state index contributed by atoms with van der Waals surface area (Å²) >= 11 is 0. The van der Waals surface area contributed by atoms with E-state index in [4.69, 9.17) is 0 Å². The van der Waals surface area contributed by atoms with Crippen molar-refractivity contribution in [3.63, 3.8) is 0 Å². The van der Waals surface area contributed by atoms with Crippen LogP contribution >= 0.6 is 0 Å². The lowest BCUT2D eigenvalue weighted by Gasteiger charge is -2.02. The molecule has 0 atom stereocenters. The Labute approximate surface area is 115 Å². The van der Waals surface area contributed by atoms with Gasteiger partial charge in [0.15, 0.2) is 11.4 Å². The number of rotatable bonds is 6. The fourth-order valence-corrected chi connectivity index (χ4v) is 1.73. The molecular weight excluding hydrogens is 260 g/mol. The minimum absolute atomic E-state index is 0.0248. The number of carbonyl (C=O) groups is 2. The van der Waals surface area contributed by atoms with Crippen LogP contribution in [0, 0.1) is 0 Å². The number of amides is 1. The molecule has 0 unspecified atom stereocenters. The standard InChI is InChI=1S/C13H16N4O3/c1-2-10(18)9-14-12(19)6-8-17-13(20)16-7-4-3-5-11(16)15-17/h3-5,7H,2,6,8-9H2,1H3,(H,14,19). The molecule has 0 saturated heterocycles. The van der Waals surface area contributed by atoms with Gasteiger partial charge in [0.2, 0.25) is 5.91 Å². The SMILES string of the molecule is CCC(=O)CNC(=O)CCn1nc2ccccn2c1=O. The van der Waals surface area contributed by atoms with Crippen LogP contribution in [0.25, 0.3) is 5.65 Å². The van der Waals surface area contributed by atoms with Crippen LogP contribution in [0.2, 0.25) is 0 Å². The van der Waals surface area contributed by atoms with Crippen LogP contribution < -0.4 is 11.0 Å². The second-order valence-corrected chi connectivity index (χ2v) is 4.35. The highest BCUT2D eigenvalue weighted by atomic mass is 16.2. The van der Waals surface area contributed by atoms with Gasteiger partial charge in [-0.3, -0.25) is 14.0 Å². The first-order chi connectivity index (χ1) is 9.61. The number of pyridine rings is 1. The quantitative estimate of drug-likeness (QED) is 0.803. The molecule has 1 amide bonds. The molecule has 0 spiro atoms. The van der Waals surface area contributed by atoms with E-state index in [1.165, 1.54) is 9.08 Å². The van der Waals surface area contributed by atoms with E-state index in [0.29, 0.717) is 12.1 Å². The largest absolute Gasteiger partial charge is 0.350 e. The van der Waals surface area contributed by atoms with Crippen LogP contribution in [-0.2, 0) is 16.1 Å². The highest BCUT2D eigenvalue weighted by Gasteiger charge is 2.08. The van der Waals surface area contributed by atoms with Gasteiger partial charge in [0.05, 0.1) is 13.1 Å². The highest BCUT2D eigenvalue weighted by Crippen LogP contribution is 1.95. The molecular formula is C13H16N4O3. The summed E-state index contributed by atoms with van der Waals surface area (Å²) in [7, 11) is 0. The van der Waals surface area contributed by atoms with Crippen molar-refractivity contribution in [2.24, 2.45) is 0 Å². The normalized spacial score (nSPS) is 10.7. The molecule has 2 aromatic rings. The Hall–Kier alpha value is -2.44. The number of Topliss-reactive ketones (excluding diaryl/α,β-unsaturated/α-hetero) is 1. The van der Waals surface area contributed by atoms with E-state index < -0.39 is 0 Å². The molecule has 0 aliphatic carbocycles. The van der Waals surface area contributed by atoms with Crippen LogP contribution in [-0.4, -0.2) is 32.4 Å². The van der Waals surface area contributed by atoms with Crippen LogP contribution in [0.3, 0.4) is 0 Å². The predicted octanol–water partition coefficient (Wildman–Crippen LogP) is -0.0186. The van der Waals surface area contributed by atoms with Crippen molar-refractivity contribution in [2.45, 2.75) is 26.3 Å². The van der Waals surface area contributed by atoms with Crippen molar-refractivity contribution in [3.05, 3.63) is 34.9 Å². The van der Waals surface area contributed by atoms with Crippen molar-refractivity contribution >= 4 is 17.3 Å². The molecule has 7 nitrogen and oxygen atoms in total. The Balaban J connectivity index is 1.96. The average molecular weight is 276 g/mol. The Morgan fingerprint density at radius 2 is 2.15 bits per heavy atom. The van der Waals surface area contributed by atoms with Gasteiger partial charge in [-0.25, -0.2) is 9.48 Å². The van der Waals surface area contributed by atoms with E-state index in [1.54, 1.807) is 31.3 Å². The van der Waals surface area contributed by atoms with Crippen molar-refractivity contribution in [1.82, 2.24) is 19.5 Å². The molecule has 7 heteroatoms. The van der Waals surface area contributed by atoms with Gasteiger partial charge in [0.1, 0.15) is 0 Å². The number of nitrogens with one attached hydrogen (secondary N) is 1. The number of hydrogen-bond donors (Lipinski definition) is 1. The van der Waals surface area contributed by atoms with E-state index in [9.17, 15) is 14.4 Å². The van der Waals surface area contributed by atoms with Gasteiger partial charge in [-0.2, -0.15) is 0 Å². The van der Waals surface area contributed by atoms with Crippen LogP contribution in [0.1, 0.15) is 19.8 Å². The maximum atomic E-state index is 11.9. The monoisotopic (exact) mass is 276 g/mol. The zero-order valence-corrected chi connectivity index (χ0v) is 11.2. The van der Waals surface area contributed by atoms with E-state index >= 15 is 0 Å². The second-order valence-electron chi connectivity index (χ2n) is 4.35. The van der Waals surface area contributed by atoms with Crippen molar-refractivity contribution < 1.29 is 9.59 Å². The fraction of sp³-hybridized carbons (Fsp3) is 0.385. The number of aryl methyl sites for hydroxylation is 1. The number of nitrogens with zero attached hydrogens (tertiary/aromatic N) is 3. The highest BCUT2D eigenvalue weighted by molar-refractivity contribution is 5.85. The van der Waals surface area contributed by atoms with Gasteiger partial charge in [0, 0.05) is 19.0 Å². The zero-order chi connectivity index (χ0) is 14.5. The van der Waals surface area contributed by atoms with E-state index in [-0.39, 0.29) is 36.9 Å². The third-order valence-corrected chi connectivity index (χ3v) is 2.92. The minimum Gasteiger partial charge on any atom is -0.349 e. The first-order valence-electron chi connectivity index (χ1n) is 6.44. The van der Waals surface area contributed by atoms with Crippen LogP contribution in [0.5, 0.6) is 0 Å². The number of fused-ring (bicyclic) bond motifs is 1. The van der Waals surface area contributed by atoms with Gasteiger partial charge < -0.3 is 5.32 Å². The molecule has 0 saturated carbocycles. The molecule has 0 aliphatic heterocycles. The molecule has 0 radical (unpaired) electrons. The maximum absolute atomic E-state index is 11.9. The van der Waals surface area contributed by atoms with Gasteiger partial charge in [-0.1, -0.05) is 13.0 Å². The van der Waals surface area contributed by atoms with Crippen molar-refractivity contribution in [3.8, 4) is 0 Å². The lowest BCUT2D eigenvalue weighted by molar-refractivity contribution is -0.125. The minimum atomic E-state index is -0.280. The van der Waals surface area contributed by atoms with E-state index in [2.05, 4.69) is 10.4 Å². The number of aromatic nitrogens is 3. The summed E-state index contributed by atoms with van der Waals surface area (Å²) in [5, 5.41) is 6.63. The average Bonchev–Trinajstić information content (AvgIpc) is 2.79. The van der Waals surface area contributed by atoms with Crippen LogP contribution in [0.15, 0.2) is 29.2 Å². The summed E-state index contributed by atoms with van der Waals surface area (Å²) in [5.41, 5.74) is 0.261. The topological polar surface area (TPSA) is 85.5 Å². The molecule has 0 aliphatic rings. The number of hydrogen-bond acceptors (Lipinski definition) is 4. The van der Waals surface area contributed by atoms with Gasteiger partial charge in [-0.05, 0) is 12.1 Å².